The molecule has 0 aliphatic carbocycles. The molecule has 2 heterocycles. The lowest BCUT2D eigenvalue weighted by molar-refractivity contribution is 0.0409. The zero-order valence-corrected chi connectivity index (χ0v) is 15.4. The van der Waals surface area contributed by atoms with Crippen LogP contribution in [0, 0.1) is 0 Å². The maximum absolute atomic E-state index is 12.3. The Bertz CT molecular complexity index is 666. The van der Waals surface area contributed by atoms with Gasteiger partial charge in [0.2, 0.25) is 0 Å². The maximum atomic E-state index is 12.3. The molecule has 2 aromatic rings. The number of nitrogens with zero attached hydrogens (tertiary/aromatic N) is 2. The van der Waals surface area contributed by atoms with Gasteiger partial charge in [0.25, 0.3) is 5.91 Å². The number of piperidine rings is 1. The van der Waals surface area contributed by atoms with Gasteiger partial charge in [-0.3, -0.25) is 4.79 Å². The molecule has 1 N–H and O–H groups in total. The van der Waals surface area contributed by atoms with Crippen LogP contribution in [0.1, 0.15) is 28.9 Å². The number of benzene rings is 1. The average molecular weight is 359 g/mol. The van der Waals surface area contributed by atoms with Crippen LogP contribution < -0.4 is 5.32 Å². The number of methoxy groups -OCH3 is 1. The van der Waals surface area contributed by atoms with E-state index >= 15 is 0 Å². The molecule has 5 nitrogen and oxygen atoms in total. The first-order valence-corrected chi connectivity index (χ1v) is 9.62. The minimum absolute atomic E-state index is 0.0298. The van der Waals surface area contributed by atoms with Crippen molar-refractivity contribution in [2.24, 2.45) is 0 Å². The van der Waals surface area contributed by atoms with Gasteiger partial charge in [-0.15, -0.1) is 11.3 Å². The van der Waals surface area contributed by atoms with Crippen LogP contribution in [0.3, 0.4) is 0 Å². The molecule has 1 amide bonds. The van der Waals surface area contributed by atoms with Crippen LogP contribution >= 0.6 is 11.3 Å². The highest BCUT2D eigenvalue weighted by molar-refractivity contribution is 7.16. The first-order chi connectivity index (χ1) is 12.3. The third-order valence-electron chi connectivity index (χ3n) is 4.55. The summed E-state index contributed by atoms with van der Waals surface area (Å²) in [5.41, 5.74) is 1.05. The zero-order valence-electron chi connectivity index (χ0n) is 14.6. The van der Waals surface area contributed by atoms with Crippen LogP contribution in [0.2, 0.25) is 0 Å². The first kappa shape index (κ1) is 18.0. The van der Waals surface area contributed by atoms with E-state index in [4.69, 9.17) is 4.74 Å². The van der Waals surface area contributed by atoms with Gasteiger partial charge in [0, 0.05) is 32.3 Å². The van der Waals surface area contributed by atoms with Crippen molar-refractivity contribution in [3.8, 4) is 10.6 Å². The monoisotopic (exact) mass is 359 g/mol. The fourth-order valence-electron chi connectivity index (χ4n) is 3.05. The Balaban J connectivity index is 1.39. The number of hydrogen-bond donors (Lipinski definition) is 1. The van der Waals surface area contributed by atoms with Crippen LogP contribution in [0.4, 0.5) is 0 Å². The van der Waals surface area contributed by atoms with Crippen LogP contribution in [-0.4, -0.2) is 55.2 Å². The summed E-state index contributed by atoms with van der Waals surface area (Å²) in [6.45, 7) is 3.89. The minimum Gasteiger partial charge on any atom is -0.381 e. The highest BCUT2D eigenvalue weighted by Crippen LogP contribution is 2.24. The second-order valence-corrected chi connectivity index (χ2v) is 7.31. The molecular formula is C19H25N3O2S. The number of likely N-dealkylation sites (tertiary alicyclic amines) is 1. The number of hydrogen-bond acceptors (Lipinski definition) is 5. The van der Waals surface area contributed by atoms with E-state index in [1.807, 2.05) is 30.3 Å². The molecule has 1 aliphatic rings. The Morgan fingerprint density at radius 1 is 1.32 bits per heavy atom. The summed E-state index contributed by atoms with van der Waals surface area (Å²) in [7, 11) is 1.79. The van der Waals surface area contributed by atoms with Gasteiger partial charge in [-0.05, 0) is 25.8 Å². The number of thiazole rings is 1. The number of nitrogens with one attached hydrogen (secondary N) is 1. The van der Waals surface area contributed by atoms with E-state index in [0.717, 1.165) is 49.5 Å². The Kier molecular flexibility index (Phi) is 6.55. The smallest absolute Gasteiger partial charge is 0.263 e. The van der Waals surface area contributed by atoms with Crippen molar-refractivity contribution < 1.29 is 9.53 Å². The van der Waals surface area contributed by atoms with Gasteiger partial charge in [0.05, 0.1) is 12.3 Å². The fourth-order valence-corrected chi connectivity index (χ4v) is 3.89. The summed E-state index contributed by atoms with van der Waals surface area (Å²) in [5.74, 6) is -0.0298. The molecule has 1 fully saturated rings. The minimum atomic E-state index is -0.0298. The number of carbonyl (C=O) groups is 1. The van der Waals surface area contributed by atoms with Crippen molar-refractivity contribution in [3.63, 3.8) is 0 Å². The normalized spacial score (nSPS) is 16.0. The molecule has 0 bridgehead atoms. The standard InChI is InChI=1S/C19H25N3O2S/c1-24-16-8-12-22(13-9-16)11-5-10-20-18(23)17-14-21-19(25-17)15-6-3-2-4-7-15/h2-4,6-7,14,16H,5,8-13H2,1H3,(H,20,23). The molecule has 1 saturated heterocycles. The third-order valence-corrected chi connectivity index (χ3v) is 5.60. The predicted octanol–water partition coefficient (Wildman–Crippen LogP) is 3.04. The van der Waals surface area contributed by atoms with Gasteiger partial charge < -0.3 is 15.0 Å². The molecule has 25 heavy (non-hydrogen) atoms. The van der Waals surface area contributed by atoms with Crippen molar-refractivity contribution in [2.45, 2.75) is 25.4 Å². The van der Waals surface area contributed by atoms with Crippen molar-refractivity contribution in [3.05, 3.63) is 41.4 Å². The second kappa shape index (κ2) is 9.08. The molecule has 0 spiro atoms. The van der Waals surface area contributed by atoms with Gasteiger partial charge in [0.15, 0.2) is 0 Å². The topological polar surface area (TPSA) is 54.5 Å². The number of ether oxygens (including phenoxy) is 1. The Morgan fingerprint density at radius 2 is 2.08 bits per heavy atom. The highest BCUT2D eigenvalue weighted by Gasteiger charge is 2.18. The molecule has 0 saturated carbocycles. The Labute approximate surface area is 153 Å². The summed E-state index contributed by atoms with van der Waals surface area (Å²) in [6, 6.07) is 9.95. The first-order valence-electron chi connectivity index (χ1n) is 8.81. The molecule has 0 atom stereocenters. The van der Waals surface area contributed by atoms with Crippen LogP contribution in [-0.2, 0) is 4.74 Å². The molecule has 1 aromatic carbocycles. The Hall–Kier alpha value is -1.76. The van der Waals surface area contributed by atoms with Crippen molar-refractivity contribution in [1.82, 2.24) is 15.2 Å². The summed E-state index contributed by atoms with van der Waals surface area (Å²) < 4.78 is 5.39. The molecule has 6 heteroatoms. The molecule has 0 unspecified atom stereocenters. The second-order valence-electron chi connectivity index (χ2n) is 6.28. The van der Waals surface area contributed by atoms with Gasteiger partial charge in [-0.1, -0.05) is 30.3 Å². The maximum Gasteiger partial charge on any atom is 0.263 e. The van der Waals surface area contributed by atoms with E-state index in [-0.39, 0.29) is 5.91 Å². The van der Waals surface area contributed by atoms with E-state index < -0.39 is 0 Å². The van der Waals surface area contributed by atoms with Crippen molar-refractivity contribution in [1.29, 1.82) is 0 Å². The van der Waals surface area contributed by atoms with E-state index in [0.29, 0.717) is 17.5 Å². The average Bonchev–Trinajstić information content (AvgIpc) is 3.16. The predicted molar refractivity (Wildman–Crippen MR) is 101 cm³/mol. The van der Waals surface area contributed by atoms with Crippen LogP contribution in [0.5, 0.6) is 0 Å². The van der Waals surface area contributed by atoms with E-state index in [2.05, 4.69) is 15.2 Å². The quantitative estimate of drug-likeness (QED) is 0.772. The van der Waals surface area contributed by atoms with Gasteiger partial charge in [-0.2, -0.15) is 0 Å². The largest absolute Gasteiger partial charge is 0.381 e. The fraction of sp³-hybridized carbons (Fsp3) is 0.474. The summed E-state index contributed by atoms with van der Waals surface area (Å²) in [5, 5.41) is 3.88. The molecule has 1 aliphatic heterocycles. The number of aromatic nitrogens is 1. The lowest BCUT2D eigenvalue weighted by atomic mass is 10.1. The zero-order chi connectivity index (χ0) is 17.5. The van der Waals surface area contributed by atoms with Crippen molar-refractivity contribution >= 4 is 17.2 Å². The van der Waals surface area contributed by atoms with Gasteiger partial charge >= 0.3 is 0 Å². The Morgan fingerprint density at radius 3 is 2.80 bits per heavy atom. The summed E-state index contributed by atoms with van der Waals surface area (Å²) >= 11 is 1.44. The number of carbonyl (C=O) groups excluding carboxylic acids is 1. The molecule has 3 rings (SSSR count). The number of amides is 1. The highest BCUT2D eigenvalue weighted by atomic mass is 32.1. The number of rotatable bonds is 7. The molecule has 1 aromatic heterocycles. The van der Waals surface area contributed by atoms with Gasteiger partial charge in [-0.25, -0.2) is 4.98 Å². The van der Waals surface area contributed by atoms with E-state index in [9.17, 15) is 4.79 Å². The van der Waals surface area contributed by atoms with Crippen molar-refractivity contribution in [2.75, 3.05) is 33.3 Å². The lowest BCUT2D eigenvalue weighted by Gasteiger charge is -2.31. The summed E-state index contributed by atoms with van der Waals surface area (Å²) in [4.78, 5) is 19.7. The van der Waals surface area contributed by atoms with Crippen LogP contribution in [0.15, 0.2) is 36.5 Å². The molecule has 0 radical (unpaired) electrons. The van der Waals surface area contributed by atoms with Crippen LogP contribution in [0.25, 0.3) is 10.6 Å². The molecule has 134 valence electrons. The lowest BCUT2D eigenvalue weighted by Crippen LogP contribution is -2.38. The SMILES string of the molecule is COC1CCN(CCCNC(=O)c2cnc(-c3ccccc3)s2)CC1. The third kappa shape index (κ3) is 5.11. The van der Waals surface area contributed by atoms with Gasteiger partial charge in [0.1, 0.15) is 9.88 Å². The van der Waals surface area contributed by atoms with E-state index in [1.165, 1.54) is 11.3 Å². The molecular weight excluding hydrogens is 334 g/mol. The summed E-state index contributed by atoms with van der Waals surface area (Å²) in [6.07, 6.45) is 5.25. The van der Waals surface area contributed by atoms with E-state index in [1.54, 1.807) is 13.3 Å².